The highest BCUT2D eigenvalue weighted by atomic mass is 16.5. The van der Waals surface area contributed by atoms with Gasteiger partial charge < -0.3 is 15.0 Å². The monoisotopic (exact) mass is 1350 g/mol. The number of pyridine rings is 3. The number of hydrogen-bond acceptors (Lipinski definition) is 12. The molecule has 0 saturated carbocycles. The summed E-state index contributed by atoms with van der Waals surface area (Å²) < 4.78 is 9.91. The molecular formula is C87H69N11O5. The molecule has 0 amide bonds. The van der Waals surface area contributed by atoms with E-state index in [1.807, 2.05) is 251 Å². The lowest BCUT2D eigenvalue weighted by atomic mass is 9.90. The van der Waals surface area contributed by atoms with E-state index in [-0.39, 0.29) is 17.2 Å². The maximum absolute atomic E-state index is 13.9. The van der Waals surface area contributed by atoms with Gasteiger partial charge in [0.25, 0.3) is 11.5 Å². The van der Waals surface area contributed by atoms with Gasteiger partial charge in [-0.05, 0) is 109 Å². The summed E-state index contributed by atoms with van der Waals surface area (Å²) in [6, 6.07) is 89.4. The molecule has 0 fully saturated rings. The number of nitrogens with zero attached hydrogens (tertiary/aromatic N) is 9. The van der Waals surface area contributed by atoms with Crippen LogP contribution in [0.2, 0.25) is 0 Å². The number of carbonyl (C=O) groups is 3. The van der Waals surface area contributed by atoms with Gasteiger partial charge in [0.2, 0.25) is 0 Å². The number of benzene rings is 9. The van der Waals surface area contributed by atoms with E-state index in [0.717, 1.165) is 139 Å². The first kappa shape index (κ1) is 66.6. The molecule has 1 aliphatic rings. The smallest absolute Gasteiger partial charge is 0.320 e. The molecule has 16 aromatic rings. The van der Waals surface area contributed by atoms with Crippen molar-refractivity contribution >= 4 is 67.4 Å². The zero-order valence-electron chi connectivity index (χ0n) is 57.1. The first-order valence-corrected chi connectivity index (χ1v) is 33.6. The molecule has 0 aliphatic carbocycles. The SMILES string of the molecule is CC1=C(c2ccc3ncccc3c2)C(=O)n2nc(-c3ccccc3)c(-c3ccccc3)c2C1.COC(=O)C(C(C)=O)c1ccc2ncccc2c1.Cc1c(-c2ccc3ncccc3c2)c(=O)n2nc(-c3ccccc3)c(-c3ccccc3)c2n1C.Nc1n[nH]c(-c2ccccc2)c1-c1ccccc1. The van der Waals surface area contributed by atoms with Crippen molar-refractivity contribution in [2.75, 3.05) is 12.8 Å². The fourth-order valence-electron chi connectivity index (χ4n) is 13.4. The van der Waals surface area contributed by atoms with Crippen LogP contribution >= 0.6 is 0 Å². The molecule has 9 aromatic carbocycles. The Hall–Kier alpha value is -13.6. The van der Waals surface area contributed by atoms with Gasteiger partial charge in [-0.15, -0.1) is 0 Å². The lowest BCUT2D eigenvalue weighted by molar-refractivity contribution is -0.145. The third-order valence-electron chi connectivity index (χ3n) is 18.4. The molecule has 17 rings (SSSR count). The van der Waals surface area contributed by atoms with Crippen LogP contribution in [0.5, 0.6) is 0 Å². The van der Waals surface area contributed by atoms with Crippen LogP contribution in [0.15, 0.2) is 302 Å². The number of allylic oxidation sites excluding steroid dienone is 2. The van der Waals surface area contributed by atoms with Gasteiger partial charge in [-0.2, -0.15) is 24.5 Å². The molecule has 0 bridgehead atoms. The highest BCUT2D eigenvalue weighted by Crippen LogP contribution is 2.42. The van der Waals surface area contributed by atoms with Crippen molar-refractivity contribution in [3.8, 4) is 78.3 Å². The minimum Gasteiger partial charge on any atom is -0.468 e. The molecule has 3 N–H and O–H groups in total. The number of anilines is 1. The van der Waals surface area contributed by atoms with Crippen molar-refractivity contribution in [1.82, 2.24) is 49.1 Å². The number of carbonyl (C=O) groups excluding carboxylic acids is 3. The fourth-order valence-corrected chi connectivity index (χ4v) is 13.4. The quantitative estimate of drug-likeness (QED) is 0.0915. The Bertz CT molecular complexity index is 5910. The van der Waals surface area contributed by atoms with E-state index in [1.54, 1.807) is 46.0 Å². The topological polar surface area (TPSA) is 211 Å². The number of rotatable bonds is 11. The lowest BCUT2D eigenvalue weighted by Crippen LogP contribution is -2.23. The number of aromatic amines is 1. The molecular weight excluding hydrogens is 1280 g/mol. The van der Waals surface area contributed by atoms with E-state index in [0.29, 0.717) is 23.4 Å². The summed E-state index contributed by atoms with van der Waals surface area (Å²) in [5.41, 5.74) is 27.6. The predicted octanol–water partition coefficient (Wildman–Crippen LogP) is 17.7. The fraction of sp³-hybridized carbons (Fsp3) is 0.0805. The molecule has 7 aromatic heterocycles. The molecule has 103 heavy (non-hydrogen) atoms. The number of aryl methyl sites for hydroxylation is 1. The number of nitrogens with one attached hydrogen (secondary N) is 1. The Morgan fingerprint density at radius 2 is 0.932 bits per heavy atom. The Kier molecular flexibility index (Phi) is 19.1. The van der Waals surface area contributed by atoms with Crippen LogP contribution < -0.4 is 11.3 Å². The lowest BCUT2D eigenvalue weighted by Gasteiger charge is -2.20. The van der Waals surface area contributed by atoms with E-state index in [2.05, 4.69) is 58.7 Å². The molecule has 0 saturated heterocycles. The largest absolute Gasteiger partial charge is 0.468 e. The van der Waals surface area contributed by atoms with Crippen LogP contribution in [0.25, 0.3) is 122 Å². The average Bonchev–Trinajstić information content (AvgIpc) is 1.61. The van der Waals surface area contributed by atoms with Gasteiger partial charge in [-0.1, -0.05) is 224 Å². The summed E-state index contributed by atoms with van der Waals surface area (Å²) in [5.74, 6) is -1.19. The molecule has 16 nitrogen and oxygen atoms in total. The number of Topliss-reactive ketones (excluding diaryl/α,β-unsaturated/α-hetero) is 1. The summed E-state index contributed by atoms with van der Waals surface area (Å²) in [7, 11) is 3.28. The number of nitrogens with two attached hydrogens (primary N) is 1. The maximum Gasteiger partial charge on any atom is 0.320 e. The minimum absolute atomic E-state index is 0.0867. The van der Waals surface area contributed by atoms with Crippen molar-refractivity contribution in [3.05, 3.63) is 330 Å². The molecule has 1 unspecified atom stereocenters. The van der Waals surface area contributed by atoms with Gasteiger partial charge in [0.15, 0.2) is 5.82 Å². The number of fused-ring (bicyclic) bond motifs is 5. The first-order valence-electron chi connectivity index (χ1n) is 33.6. The van der Waals surface area contributed by atoms with Gasteiger partial charge >= 0.3 is 5.97 Å². The molecule has 502 valence electrons. The van der Waals surface area contributed by atoms with Crippen LogP contribution in [-0.2, 0) is 27.8 Å². The van der Waals surface area contributed by atoms with E-state index in [1.165, 1.54) is 14.0 Å². The van der Waals surface area contributed by atoms with E-state index >= 15 is 0 Å². The number of esters is 1. The Labute approximate surface area is 593 Å². The van der Waals surface area contributed by atoms with Crippen LogP contribution in [0.1, 0.15) is 47.1 Å². The normalized spacial score (nSPS) is 12.0. The zero-order valence-corrected chi connectivity index (χ0v) is 57.1. The minimum atomic E-state index is -0.861. The Morgan fingerprint density at radius 3 is 1.45 bits per heavy atom. The van der Waals surface area contributed by atoms with Crippen LogP contribution in [-0.4, -0.2) is 73.9 Å². The van der Waals surface area contributed by atoms with Crippen LogP contribution in [0, 0.1) is 6.92 Å². The van der Waals surface area contributed by atoms with Gasteiger partial charge in [-0.25, -0.2) is 0 Å². The predicted molar refractivity (Wildman–Crippen MR) is 410 cm³/mol. The highest BCUT2D eigenvalue weighted by Gasteiger charge is 2.32. The second-order valence-corrected chi connectivity index (χ2v) is 24.9. The van der Waals surface area contributed by atoms with E-state index in [9.17, 15) is 19.2 Å². The standard InChI is InChI=1S/C29H22N4O.C29H21N3O.C15H13N3.C14H13NO3/c1-19-25(23-15-16-24-22(18-23)14-9-17-30-24)29(34)33-28(32(19)2)26(20-10-5-3-6-11-20)27(31-33)21-12-7-4-8-13-21;1-19-17-25-27(20-9-4-2-5-10-20)28(21-11-6-3-7-12-21)31-32(25)29(33)26(19)23-14-15-24-22(18-23)13-8-16-30-24;16-15-13(11-7-3-1-4-8-11)14(17-18-15)12-9-5-2-6-10-12;1-9(16)13(14(17)18-2)11-5-6-12-10(8-11)4-3-7-15-12/h3-18H,1-2H3;2-16,18H,17H2,1H3;1-10H,(H3,16,17,18);3-8,13H,1-2H3. The van der Waals surface area contributed by atoms with Gasteiger partial charge in [0.05, 0.1) is 51.7 Å². The molecule has 1 aliphatic heterocycles. The van der Waals surface area contributed by atoms with Crippen molar-refractivity contribution in [2.24, 2.45) is 7.05 Å². The van der Waals surface area contributed by atoms with Crippen molar-refractivity contribution < 1.29 is 19.1 Å². The van der Waals surface area contributed by atoms with Crippen LogP contribution in [0.4, 0.5) is 5.82 Å². The van der Waals surface area contributed by atoms with Crippen molar-refractivity contribution in [3.63, 3.8) is 0 Å². The molecule has 16 heteroatoms. The maximum atomic E-state index is 13.9. The Balaban J connectivity index is 0.000000121. The van der Waals surface area contributed by atoms with E-state index in [4.69, 9.17) is 15.9 Å². The summed E-state index contributed by atoms with van der Waals surface area (Å²) in [5, 5.41) is 19.8. The molecule has 8 heterocycles. The van der Waals surface area contributed by atoms with E-state index < -0.39 is 11.9 Å². The number of nitrogen functional groups attached to an aromatic ring is 1. The molecule has 1 atom stereocenters. The van der Waals surface area contributed by atoms with Crippen molar-refractivity contribution in [1.29, 1.82) is 0 Å². The molecule has 0 spiro atoms. The summed E-state index contributed by atoms with van der Waals surface area (Å²) in [6.07, 6.45) is 5.92. The van der Waals surface area contributed by atoms with Gasteiger partial charge in [0.1, 0.15) is 28.7 Å². The third-order valence-corrected chi connectivity index (χ3v) is 18.4. The summed E-state index contributed by atoms with van der Waals surface area (Å²) in [4.78, 5) is 64.0. The summed E-state index contributed by atoms with van der Waals surface area (Å²) >= 11 is 0. The number of ether oxygens (including phenoxy) is 1. The number of ketones is 1. The first-order chi connectivity index (χ1) is 50.3. The zero-order chi connectivity index (χ0) is 71.1. The summed E-state index contributed by atoms with van der Waals surface area (Å²) in [6.45, 7) is 5.43. The Morgan fingerprint density at radius 1 is 0.485 bits per heavy atom. The number of aromatic nitrogens is 10. The van der Waals surface area contributed by atoms with Gasteiger partial charge in [-0.3, -0.25) is 39.2 Å². The van der Waals surface area contributed by atoms with Crippen molar-refractivity contribution in [2.45, 2.75) is 33.1 Å². The highest BCUT2D eigenvalue weighted by molar-refractivity contribution is 6.23. The molecule has 0 radical (unpaired) electrons. The average molecular weight is 1350 g/mol. The number of H-pyrrole nitrogens is 1. The number of methoxy groups -OCH3 is 1. The second-order valence-electron chi connectivity index (χ2n) is 24.9. The third kappa shape index (κ3) is 13.5. The van der Waals surface area contributed by atoms with Gasteiger partial charge in [0, 0.05) is 81.7 Å². The second kappa shape index (κ2) is 29.5. The van der Waals surface area contributed by atoms with Crippen LogP contribution in [0.3, 0.4) is 0 Å². The number of hydrogen-bond donors (Lipinski definition) is 2.